The highest BCUT2D eigenvalue weighted by atomic mass is 32.2. The third kappa shape index (κ3) is 4.89. The maximum absolute atomic E-state index is 11.9. The summed E-state index contributed by atoms with van der Waals surface area (Å²) in [6, 6.07) is 0. The number of aliphatic carboxylic acids is 1. The summed E-state index contributed by atoms with van der Waals surface area (Å²) in [5, 5.41) is 18.3. The average molecular weight is 280 g/mol. The molecule has 1 fully saturated rings. The van der Waals surface area contributed by atoms with Crippen LogP contribution in [0, 0.1) is 0 Å². The van der Waals surface area contributed by atoms with Crippen molar-refractivity contribution in [2.75, 3.05) is 19.6 Å². The van der Waals surface area contributed by atoms with Gasteiger partial charge in [-0.3, -0.25) is 4.79 Å². The van der Waals surface area contributed by atoms with Gasteiger partial charge in [0.15, 0.2) is 0 Å². The van der Waals surface area contributed by atoms with Gasteiger partial charge in [0.05, 0.1) is 12.0 Å². The van der Waals surface area contributed by atoms with Gasteiger partial charge in [-0.15, -0.1) is 0 Å². The summed E-state index contributed by atoms with van der Waals surface area (Å²) >= 11 is 0. The monoisotopic (exact) mass is 280 g/mol. The van der Waals surface area contributed by atoms with E-state index in [1.165, 1.54) is 11.2 Å². The molecule has 1 rings (SSSR count). The first-order valence-corrected chi connectivity index (χ1v) is 7.36. The van der Waals surface area contributed by atoms with Gasteiger partial charge in [-0.2, -0.15) is 17.4 Å². The van der Waals surface area contributed by atoms with Crippen molar-refractivity contribution in [3.8, 4) is 0 Å². The van der Waals surface area contributed by atoms with Crippen molar-refractivity contribution in [2.24, 2.45) is 0 Å². The second-order valence-corrected chi connectivity index (χ2v) is 6.61. The molecule has 0 bridgehead atoms. The number of rotatable bonds is 6. The van der Waals surface area contributed by atoms with Crippen molar-refractivity contribution in [1.29, 1.82) is 0 Å². The van der Waals surface area contributed by atoms with Gasteiger partial charge in [-0.1, -0.05) is 6.42 Å². The van der Waals surface area contributed by atoms with Gasteiger partial charge in [-0.05, 0) is 19.8 Å². The van der Waals surface area contributed by atoms with E-state index >= 15 is 0 Å². The van der Waals surface area contributed by atoms with E-state index in [2.05, 4.69) is 4.72 Å². The molecular weight excluding hydrogens is 260 g/mol. The molecule has 1 aliphatic rings. The first kappa shape index (κ1) is 15.4. The van der Waals surface area contributed by atoms with Crippen molar-refractivity contribution in [3.63, 3.8) is 0 Å². The van der Waals surface area contributed by atoms with Crippen LogP contribution in [-0.2, 0) is 15.0 Å². The molecule has 0 amide bonds. The molecule has 0 spiro atoms. The Bertz CT molecular complexity index is 387. The van der Waals surface area contributed by atoms with Gasteiger partial charge in [0.25, 0.3) is 10.2 Å². The van der Waals surface area contributed by atoms with E-state index in [-0.39, 0.29) is 6.54 Å². The molecule has 1 saturated heterocycles. The summed E-state index contributed by atoms with van der Waals surface area (Å²) in [4.78, 5) is 10.5. The maximum atomic E-state index is 11.9. The van der Waals surface area contributed by atoms with Gasteiger partial charge in [-0.25, -0.2) is 0 Å². The highest BCUT2D eigenvalue weighted by molar-refractivity contribution is 7.87. The fraction of sp³-hybridized carbons (Fsp3) is 0.900. The summed E-state index contributed by atoms with van der Waals surface area (Å²) < 4.78 is 27.3. The van der Waals surface area contributed by atoms with Crippen LogP contribution in [0.15, 0.2) is 0 Å². The zero-order valence-corrected chi connectivity index (χ0v) is 11.2. The number of carboxylic acids is 1. The molecule has 1 aliphatic heterocycles. The minimum Gasteiger partial charge on any atom is -0.481 e. The van der Waals surface area contributed by atoms with Crippen LogP contribution in [0.5, 0.6) is 0 Å². The second kappa shape index (κ2) is 5.96. The summed E-state index contributed by atoms with van der Waals surface area (Å²) in [6.07, 6.45) is 2.16. The molecule has 0 radical (unpaired) electrons. The Morgan fingerprint density at radius 1 is 1.33 bits per heavy atom. The summed E-state index contributed by atoms with van der Waals surface area (Å²) in [5.74, 6) is -1.17. The van der Waals surface area contributed by atoms with Gasteiger partial charge in [0.2, 0.25) is 0 Å². The highest BCUT2D eigenvalue weighted by Gasteiger charge is 2.29. The SMILES string of the molecule is CC(O)(CNS(=O)(=O)N1CCCCC1)CC(=O)O. The van der Waals surface area contributed by atoms with Crippen LogP contribution in [0.2, 0.25) is 0 Å². The van der Waals surface area contributed by atoms with Crippen LogP contribution in [0.3, 0.4) is 0 Å². The molecule has 1 heterocycles. The number of nitrogens with one attached hydrogen (secondary N) is 1. The van der Waals surface area contributed by atoms with E-state index in [0.717, 1.165) is 19.3 Å². The molecule has 18 heavy (non-hydrogen) atoms. The van der Waals surface area contributed by atoms with E-state index in [1.807, 2.05) is 0 Å². The van der Waals surface area contributed by atoms with Crippen LogP contribution in [0.25, 0.3) is 0 Å². The molecule has 0 saturated carbocycles. The minimum absolute atomic E-state index is 0.307. The van der Waals surface area contributed by atoms with Crippen LogP contribution in [-0.4, -0.2) is 54.1 Å². The number of carboxylic acid groups (broad SMARTS) is 1. The Labute approximate surface area is 107 Å². The van der Waals surface area contributed by atoms with Gasteiger partial charge in [0.1, 0.15) is 0 Å². The zero-order chi connectivity index (χ0) is 13.8. The third-order valence-electron chi connectivity index (χ3n) is 2.82. The average Bonchev–Trinajstić information content (AvgIpc) is 2.26. The van der Waals surface area contributed by atoms with Crippen molar-refractivity contribution in [2.45, 2.75) is 38.2 Å². The van der Waals surface area contributed by atoms with Crippen LogP contribution < -0.4 is 4.72 Å². The second-order valence-electron chi connectivity index (χ2n) is 4.85. The Morgan fingerprint density at radius 2 is 1.89 bits per heavy atom. The number of nitrogens with zero attached hydrogens (tertiary/aromatic N) is 1. The number of piperidine rings is 1. The fourth-order valence-corrected chi connectivity index (χ4v) is 3.25. The van der Waals surface area contributed by atoms with Crippen LogP contribution >= 0.6 is 0 Å². The fourth-order valence-electron chi connectivity index (χ4n) is 1.83. The Balaban J connectivity index is 2.52. The zero-order valence-electron chi connectivity index (χ0n) is 10.4. The quantitative estimate of drug-likeness (QED) is 0.610. The van der Waals surface area contributed by atoms with Gasteiger partial charge >= 0.3 is 5.97 Å². The number of carbonyl (C=O) groups is 1. The molecule has 3 N–H and O–H groups in total. The van der Waals surface area contributed by atoms with E-state index in [4.69, 9.17) is 5.11 Å². The topological polar surface area (TPSA) is 107 Å². The number of hydrogen-bond donors (Lipinski definition) is 3. The smallest absolute Gasteiger partial charge is 0.306 e. The highest BCUT2D eigenvalue weighted by Crippen LogP contribution is 2.13. The van der Waals surface area contributed by atoms with Crippen molar-refractivity contribution < 1.29 is 23.4 Å². The van der Waals surface area contributed by atoms with Crippen molar-refractivity contribution >= 4 is 16.2 Å². The minimum atomic E-state index is -3.62. The lowest BCUT2D eigenvalue weighted by atomic mass is 10.0. The van der Waals surface area contributed by atoms with E-state index in [0.29, 0.717) is 13.1 Å². The Hall–Kier alpha value is -0.700. The predicted molar refractivity (Wildman–Crippen MR) is 65.2 cm³/mol. The molecule has 7 nitrogen and oxygen atoms in total. The summed E-state index contributed by atoms with van der Waals surface area (Å²) in [6.45, 7) is 1.92. The standard InChI is InChI=1S/C10H20N2O5S/c1-10(15,7-9(13)14)8-11-18(16,17)12-5-3-2-4-6-12/h11,15H,2-8H2,1H3,(H,13,14). The molecule has 8 heteroatoms. The molecule has 0 aliphatic carbocycles. The summed E-state index contributed by atoms with van der Waals surface area (Å²) in [7, 11) is -3.62. The van der Waals surface area contributed by atoms with Gasteiger partial charge in [0, 0.05) is 19.6 Å². The molecule has 0 aromatic carbocycles. The lowest BCUT2D eigenvalue weighted by Gasteiger charge is -2.28. The normalized spacial score (nSPS) is 21.4. The van der Waals surface area contributed by atoms with E-state index < -0.39 is 28.2 Å². The maximum Gasteiger partial charge on any atom is 0.306 e. The molecule has 0 aromatic heterocycles. The third-order valence-corrected chi connectivity index (χ3v) is 4.38. The number of hydrogen-bond acceptors (Lipinski definition) is 4. The molecule has 0 aromatic rings. The molecule has 1 atom stereocenters. The van der Waals surface area contributed by atoms with E-state index in [1.54, 1.807) is 0 Å². The molecule has 1 unspecified atom stereocenters. The largest absolute Gasteiger partial charge is 0.481 e. The van der Waals surface area contributed by atoms with Gasteiger partial charge < -0.3 is 10.2 Å². The summed E-state index contributed by atoms with van der Waals surface area (Å²) in [5.41, 5.74) is -1.59. The van der Waals surface area contributed by atoms with Crippen molar-refractivity contribution in [1.82, 2.24) is 9.03 Å². The van der Waals surface area contributed by atoms with E-state index in [9.17, 15) is 18.3 Å². The lowest BCUT2D eigenvalue weighted by molar-refractivity contribution is -0.141. The molecule has 106 valence electrons. The van der Waals surface area contributed by atoms with Crippen LogP contribution in [0.4, 0.5) is 0 Å². The first-order chi connectivity index (χ1) is 8.23. The Kier molecular flexibility index (Phi) is 5.09. The first-order valence-electron chi connectivity index (χ1n) is 5.92. The molecular formula is C10H20N2O5S. The Morgan fingerprint density at radius 3 is 2.39 bits per heavy atom. The lowest BCUT2D eigenvalue weighted by Crippen LogP contribution is -2.49. The van der Waals surface area contributed by atoms with Crippen LogP contribution in [0.1, 0.15) is 32.6 Å². The predicted octanol–water partition coefficient (Wildman–Crippen LogP) is -0.468. The number of aliphatic hydroxyl groups is 1. The van der Waals surface area contributed by atoms with Crippen molar-refractivity contribution in [3.05, 3.63) is 0 Å².